The first-order chi connectivity index (χ1) is 54.9. The molecule has 24 rings (SSSR count). The zero-order chi connectivity index (χ0) is 86.9. The van der Waals surface area contributed by atoms with Crippen molar-refractivity contribution in [1.82, 2.24) is 0 Å². The Hall–Kier alpha value is -1.32. The number of alkyl halides is 12. The van der Waals surface area contributed by atoms with E-state index in [1.165, 1.54) is 12.8 Å². The van der Waals surface area contributed by atoms with E-state index in [2.05, 4.69) is 34.6 Å². The Bertz CT molecular complexity index is 3260. The Labute approximate surface area is 703 Å². The molecule has 24 heteroatoms. The molecule has 0 aromatic rings. The van der Waals surface area contributed by atoms with Crippen LogP contribution in [0.25, 0.3) is 0 Å². The molecule has 0 aliphatic heterocycles. The first-order valence-corrected chi connectivity index (χ1v) is 46.9. The van der Waals surface area contributed by atoms with Crippen LogP contribution in [0.4, 0.5) is 52.7 Å². The molecule has 0 aromatic carbocycles. The molecule has 690 valence electrons. The molecule has 13 atom stereocenters. The number of hydrogen-bond donors (Lipinski definition) is 6. The van der Waals surface area contributed by atoms with Crippen molar-refractivity contribution in [2.75, 3.05) is 85.9 Å². The standard InChI is InChI=1S/C18H30F2O2.C17H28F2O2.C16H26F2O2.2C15H24F2O2.C14H22F2O2/c1-4-12(2)18(21)14-5-13-6-15(18)9-17(7-13,8-14)11-22-10-16(3,19)20;1-11(2)17(20)13-4-12-5-14(17)8-16(6-12,7-13)10-21-9-15(3,18)19;1-3-16(19)12-4-11-5-13(16)8-15(6-11,7-12)10-20-9-14(2,17)18;1-13(16,17)9-19-10-15-5-11-2-12(6-15)4-14(3-11,7-15)8-18;1-13(16,17)8-19-9-15-5-10-3-11(6-15)14(2,18)12(4-10)7-15;1-12(15,16)8-18-9-13-3-10-2-11(4-13)6-14(17,5-10)7-13/h12-15,21H,4-11H2,1-3H3;11-14,20H,4-10H2,1-3H3;11-13,19H,3-10H2,1-2H3;11-12,18H,2-10H2,1H3;10-12,18H,3-9H2,1-2H3;10-11,17H,2-9H2,1H3. The molecule has 6 N–H and O–H groups in total. The average molecular weight is 1720 g/mol. The lowest BCUT2D eigenvalue weighted by Crippen LogP contribution is -2.64. The third kappa shape index (κ3) is 21.6. The Morgan fingerprint density at radius 2 is 0.546 bits per heavy atom. The highest BCUT2D eigenvalue weighted by molar-refractivity contribution is 5.17. The third-order valence-corrected chi connectivity index (χ3v) is 35.2. The maximum atomic E-state index is 13.0. The molecular formula is C95H154F12O12. The first kappa shape index (κ1) is 95.3. The van der Waals surface area contributed by atoms with E-state index in [-0.39, 0.29) is 50.4 Å². The largest absolute Gasteiger partial charge is 0.396 e. The number of aliphatic hydroxyl groups excluding tert-OH is 1. The molecule has 12 nitrogen and oxygen atoms in total. The maximum absolute atomic E-state index is 13.0. The van der Waals surface area contributed by atoms with E-state index in [4.69, 9.17) is 28.4 Å². The van der Waals surface area contributed by atoms with Gasteiger partial charge in [-0.15, -0.1) is 0 Å². The van der Waals surface area contributed by atoms with Crippen LogP contribution in [0.2, 0.25) is 0 Å². The number of rotatable bonds is 29. The normalized spacial score (nSPS) is 46.3. The Morgan fingerprint density at radius 1 is 0.303 bits per heavy atom. The van der Waals surface area contributed by atoms with Crippen LogP contribution >= 0.6 is 0 Å². The van der Waals surface area contributed by atoms with Crippen LogP contribution in [0.1, 0.15) is 301 Å². The van der Waals surface area contributed by atoms with E-state index < -0.39 is 103 Å². The molecule has 0 saturated heterocycles. The summed E-state index contributed by atoms with van der Waals surface area (Å²) in [5, 5.41) is 64.3. The molecule has 24 aliphatic rings. The highest BCUT2D eigenvalue weighted by Gasteiger charge is 2.67. The fourth-order valence-electron chi connectivity index (χ4n) is 32.6. The van der Waals surface area contributed by atoms with Crippen molar-refractivity contribution < 1.29 is 112 Å². The van der Waals surface area contributed by atoms with Gasteiger partial charge in [0.05, 0.1) is 67.6 Å². The molecule has 0 heterocycles. The number of aliphatic hydroxyl groups is 6. The summed E-state index contributed by atoms with van der Waals surface area (Å²) in [4.78, 5) is 0. The maximum Gasteiger partial charge on any atom is 0.268 e. The molecule has 0 amide bonds. The van der Waals surface area contributed by atoms with Crippen LogP contribution in [0.15, 0.2) is 0 Å². The van der Waals surface area contributed by atoms with E-state index in [0.717, 1.165) is 247 Å². The zero-order valence-corrected chi connectivity index (χ0v) is 74.3. The predicted octanol–water partition coefficient (Wildman–Crippen LogP) is 21.2. The van der Waals surface area contributed by atoms with Crippen molar-refractivity contribution >= 4 is 0 Å². The number of ether oxygens (including phenoxy) is 6. The Kier molecular flexibility index (Phi) is 27.4. The van der Waals surface area contributed by atoms with E-state index in [1.807, 2.05) is 6.92 Å². The second kappa shape index (κ2) is 34.2. The van der Waals surface area contributed by atoms with Crippen molar-refractivity contribution in [1.29, 1.82) is 0 Å². The van der Waals surface area contributed by atoms with Gasteiger partial charge in [0.1, 0.15) is 39.6 Å². The molecule has 119 heavy (non-hydrogen) atoms. The van der Waals surface area contributed by atoms with Gasteiger partial charge in [-0.2, -0.15) is 0 Å². The summed E-state index contributed by atoms with van der Waals surface area (Å²) in [5.74, 6) is -8.00. The second-order valence-corrected chi connectivity index (χ2v) is 47.4. The number of hydrogen-bond acceptors (Lipinski definition) is 12. The quantitative estimate of drug-likeness (QED) is 0.0392. The van der Waals surface area contributed by atoms with Crippen molar-refractivity contribution in [2.45, 2.75) is 365 Å². The summed E-state index contributed by atoms with van der Waals surface area (Å²) in [6.07, 6.45) is 35.4. The number of halogens is 12. The minimum absolute atomic E-state index is 0.0237. The molecule has 24 fully saturated rings. The summed E-state index contributed by atoms with van der Waals surface area (Å²) in [6, 6.07) is 0. The third-order valence-electron chi connectivity index (χ3n) is 35.2. The second-order valence-electron chi connectivity index (χ2n) is 47.4. The molecule has 0 aromatic heterocycles. The molecule has 24 bridgehead atoms. The average Bonchev–Trinajstić information content (AvgIpc) is 0.713. The van der Waals surface area contributed by atoms with Gasteiger partial charge in [-0.1, -0.05) is 41.0 Å². The summed E-state index contributed by atoms with van der Waals surface area (Å²) in [7, 11) is 0. The van der Waals surface area contributed by atoms with Gasteiger partial charge in [0.25, 0.3) is 35.5 Å². The van der Waals surface area contributed by atoms with E-state index in [9.17, 15) is 83.3 Å². The smallest absolute Gasteiger partial charge is 0.268 e. The molecular weight excluding hydrogens is 1560 g/mol. The van der Waals surface area contributed by atoms with Gasteiger partial charge in [0.15, 0.2) is 0 Å². The van der Waals surface area contributed by atoms with Gasteiger partial charge >= 0.3 is 0 Å². The van der Waals surface area contributed by atoms with Crippen molar-refractivity contribution in [3.05, 3.63) is 0 Å². The van der Waals surface area contributed by atoms with E-state index in [0.29, 0.717) is 140 Å². The summed E-state index contributed by atoms with van der Waals surface area (Å²) < 4.78 is 187. The summed E-state index contributed by atoms with van der Waals surface area (Å²) in [6.45, 7) is 18.0. The Morgan fingerprint density at radius 3 is 0.824 bits per heavy atom. The molecule has 0 spiro atoms. The minimum Gasteiger partial charge on any atom is -0.396 e. The lowest BCUT2D eigenvalue weighted by Gasteiger charge is -2.65. The van der Waals surface area contributed by atoms with Gasteiger partial charge in [-0.25, -0.2) is 52.7 Å². The molecule has 24 saturated carbocycles. The predicted molar refractivity (Wildman–Crippen MR) is 431 cm³/mol. The van der Waals surface area contributed by atoms with Gasteiger partial charge < -0.3 is 59.1 Å². The van der Waals surface area contributed by atoms with E-state index in [1.54, 1.807) is 0 Å². The Balaban J connectivity index is 0.000000124. The van der Waals surface area contributed by atoms with E-state index >= 15 is 0 Å². The highest BCUT2D eigenvalue weighted by Crippen LogP contribution is 2.71. The molecule has 13 unspecified atom stereocenters. The van der Waals surface area contributed by atoms with Crippen LogP contribution in [-0.4, -0.2) is 180 Å². The fourth-order valence-corrected chi connectivity index (χ4v) is 32.6. The zero-order valence-electron chi connectivity index (χ0n) is 74.3. The van der Waals surface area contributed by atoms with Crippen LogP contribution in [0, 0.1) is 144 Å². The van der Waals surface area contributed by atoms with Gasteiger partial charge in [0, 0.05) is 48.1 Å². The summed E-state index contributed by atoms with van der Waals surface area (Å²) in [5.41, 5.74) is -2.34. The summed E-state index contributed by atoms with van der Waals surface area (Å²) >= 11 is 0. The fraction of sp³-hybridized carbons (Fsp3) is 1.00. The van der Waals surface area contributed by atoms with Crippen molar-refractivity contribution in [3.8, 4) is 0 Å². The lowest BCUT2D eigenvalue weighted by molar-refractivity contribution is -0.235. The van der Waals surface area contributed by atoms with Crippen LogP contribution < -0.4 is 0 Å². The van der Waals surface area contributed by atoms with Crippen LogP contribution in [0.3, 0.4) is 0 Å². The monoisotopic (exact) mass is 1720 g/mol. The van der Waals surface area contributed by atoms with Gasteiger partial charge in [-0.05, 0) is 363 Å². The lowest BCUT2D eigenvalue weighted by atomic mass is 9.43. The molecule has 24 aliphatic carbocycles. The van der Waals surface area contributed by atoms with Crippen LogP contribution in [-0.2, 0) is 28.4 Å². The molecule has 0 radical (unpaired) electrons. The minimum atomic E-state index is -2.75. The highest BCUT2D eigenvalue weighted by atomic mass is 19.3. The topological polar surface area (TPSA) is 177 Å². The first-order valence-electron chi connectivity index (χ1n) is 46.9. The van der Waals surface area contributed by atoms with Crippen LogP contribution in [0.5, 0.6) is 0 Å². The van der Waals surface area contributed by atoms with Crippen molar-refractivity contribution in [2.24, 2.45) is 144 Å². The van der Waals surface area contributed by atoms with Crippen molar-refractivity contribution in [3.63, 3.8) is 0 Å². The van der Waals surface area contributed by atoms with Gasteiger partial charge in [0.2, 0.25) is 0 Å². The SMILES string of the molecule is CC(C)C1(O)C2CC3CC1CC(COCC(C)(F)F)(C3)C2.CC(F)(F)COCC12CC3CC(C1)C(C)(O)C(C3)C2.CC(F)(F)COCC12CC3CC(CC(CO)(C3)C1)C2.CC(F)(F)COCC12CC3CC(CC(O)(C3)C1)C2.CCC(C)C1(O)C2CC3CC1CC(COCC(C)(F)F)(C3)C2.CCC1(O)C2CC3CC1CC(COCC(C)(F)F)(C3)C2. The van der Waals surface area contributed by atoms with Gasteiger partial charge in [-0.3, -0.25) is 0 Å².